The van der Waals surface area contributed by atoms with Gasteiger partial charge < -0.3 is 24.9 Å². The zero-order valence-electron chi connectivity index (χ0n) is 17.4. The van der Waals surface area contributed by atoms with Crippen LogP contribution in [0.25, 0.3) is 27.7 Å². The second-order valence-corrected chi connectivity index (χ2v) is 7.81. The predicted octanol–water partition coefficient (Wildman–Crippen LogP) is 3.01. The van der Waals surface area contributed by atoms with Crippen LogP contribution in [0.15, 0.2) is 36.8 Å². The lowest BCUT2D eigenvalue weighted by molar-refractivity contribution is 0.00719. The van der Waals surface area contributed by atoms with E-state index in [4.69, 9.17) is 19.6 Å². The summed E-state index contributed by atoms with van der Waals surface area (Å²) in [5.74, 6) is 1.10. The van der Waals surface area contributed by atoms with E-state index < -0.39 is 0 Å². The maximum Gasteiger partial charge on any atom is 0.228 e. The minimum atomic E-state index is 0.0697. The zero-order chi connectivity index (χ0) is 21.2. The molecule has 31 heavy (non-hydrogen) atoms. The van der Waals surface area contributed by atoms with Crippen LogP contribution in [0.2, 0.25) is 0 Å². The maximum absolute atomic E-state index is 8.92. The van der Waals surface area contributed by atoms with Gasteiger partial charge in [0, 0.05) is 30.2 Å². The van der Waals surface area contributed by atoms with Gasteiger partial charge in [-0.3, -0.25) is 0 Å². The monoisotopic (exact) mass is 422 g/mol. The average molecular weight is 422 g/mol. The van der Waals surface area contributed by atoms with E-state index in [-0.39, 0.29) is 18.8 Å². The van der Waals surface area contributed by atoms with Crippen LogP contribution < -0.4 is 10.1 Å². The Balaban J connectivity index is 1.38. The lowest BCUT2D eigenvalue weighted by atomic mass is 9.93. The molecule has 0 aromatic carbocycles. The summed E-state index contributed by atoms with van der Waals surface area (Å²) in [4.78, 5) is 12.6. The van der Waals surface area contributed by atoms with Gasteiger partial charge in [0.25, 0.3) is 0 Å². The van der Waals surface area contributed by atoms with Crippen molar-refractivity contribution in [3.63, 3.8) is 0 Å². The SMILES string of the molecule is COc1nc(NC2CCC(OCCO)CC2)nc2[nH]cc(-c3ccn4nccc4c3)c12. The molecule has 0 radical (unpaired) electrons. The molecule has 0 spiro atoms. The zero-order valence-corrected chi connectivity index (χ0v) is 17.4. The number of aliphatic hydroxyl groups is 1. The average Bonchev–Trinajstić information content (AvgIpc) is 3.44. The molecular weight excluding hydrogens is 396 g/mol. The fourth-order valence-corrected chi connectivity index (χ4v) is 4.31. The third-order valence-corrected chi connectivity index (χ3v) is 5.85. The molecule has 4 aromatic rings. The standard InChI is InChI=1S/C22H26N6O3/c1-30-21-19-18(14-7-9-28-16(12-14)6-8-24-28)13-23-20(19)26-22(27-21)25-15-2-4-17(5-3-15)31-11-10-29/h6-9,12-13,15,17,29H,2-5,10-11H2,1H3,(H2,23,25,26,27). The Morgan fingerprint density at radius 1 is 1.23 bits per heavy atom. The minimum Gasteiger partial charge on any atom is -0.480 e. The van der Waals surface area contributed by atoms with Gasteiger partial charge in [-0.1, -0.05) is 0 Å². The van der Waals surface area contributed by atoms with E-state index in [0.29, 0.717) is 18.4 Å². The van der Waals surface area contributed by atoms with Crippen LogP contribution in [-0.2, 0) is 4.74 Å². The molecule has 0 aliphatic heterocycles. The number of hydrogen-bond acceptors (Lipinski definition) is 7. The first-order valence-corrected chi connectivity index (χ1v) is 10.6. The first kappa shape index (κ1) is 19.8. The Hall–Kier alpha value is -3.17. The molecular formula is C22H26N6O3. The van der Waals surface area contributed by atoms with Crippen molar-refractivity contribution in [3.8, 4) is 17.0 Å². The highest BCUT2D eigenvalue weighted by Crippen LogP contribution is 2.35. The molecule has 9 nitrogen and oxygen atoms in total. The first-order chi connectivity index (χ1) is 15.2. The largest absolute Gasteiger partial charge is 0.480 e. The molecule has 0 amide bonds. The van der Waals surface area contributed by atoms with Crippen LogP contribution in [0.5, 0.6) is 5.88 Å². The molecule has 4 heterocycles. The van der Waals surface area contributed by atoms with Crippen LogP contribution in [0, 0.1) is 0 Å². The normalized spacial score (nSPS) is 19.2. The molecule has 1 aliphatic rings. The minimum absolute atomic E-state index is 0.0697. The van der Waals surface area contributed by atoms with E-state index in [1.807, 2.05) is 29.0 Å². The molecule has 1 saturated carbocycles. The lowest BCUT2D eigenvalue weighted by Gasteiger charge is -2.29. The quantitative estimate of drug-likeness (QED) is 0.420. The number of fused-ring (bicyclic) bond motifs is 2. The van der Waals surface area contributed by atoms with Crippen molar-refractivity contribution in [2.75, 3.05) is 25.6 Å². The van der Waals surface area contributed by atoms with E-state index in [9.17, 15) is 0 Å². The molecule has 5 rings (SSSR count). The van der Waals surface area contributed by atoms with Gasteiger partial charge in [-0.15, -0.1) is 0 Å². The van der Waals surface area contributed by atoms with Gasteiger partial charge in [-0.05, 0) is 49.4 Å². The number of anilines is 1. The van der Waals surface area contributed by atoms with E-state index in [1.165, 1.54) is 0 Å². The summed E-state index contributed by atoms with van der Waals surface area (Å²) < 4.78 is 13.1. The first-order valence-electron chi connectivity index (χ1n) is 10.6. The molecule has 1 aliphatic carbocycles. The van der Waals surface area contributed by atoms with Crippen molar-refractivity contribution in [1.82, 2.24) is 24.6 Å². The lowest BCUT2D eigenvalue weighted by Crippen LogP contribution is -2.30. The van der Waals surface area contributed by atoms with Crippen LogP contribution in [0.1, 0.15) is 25.7 Å². The summed E-state index contributed by atoms with van der Waals surface area (Å²) in [6, 6.07) is 6.36. The van der Waals surface area contributed by atoms with E-state index in [0.717, 1.165) is 53.4 Å². The van der Waals surface area contributed by atoms with Crippen molar-refractivity contribution in [1.29, 1.82) is 0 Å². The number of methoxy groups -OCH3 is 1. The van der Waals surface area contributed by atoms with Gasteiger partial charge in [0.05, 0.1) is 37.3 Å². The molecule has 0 unspecified atom stereocenters. The number of ether oxygens (including phenoxy) is 2. The molecule has 4 aromatic heterocycles. The number of rotatable bonds is 7. The van der Waals surface area contributed by atoms with Crippen molar-refractivity contribution >= 4 is 22.5 Å². The Labute approximate surface area is 179 Å². The second-order valence-electron chi connectivity index (χ2n) is 7.81. The summed E-state index contributed by atoms with van der Waals surface area (Å²) >= 11 is 0. The number of nitrogens with zero attached hydrogens (tertiary/aromatic N) is 4. The number of hydrogen-bond donors (Lipinski definition) is 3. The highest BCUT2D eigenvalue weighted by atomic mass is 16.5. The van der Waals surface area contributed by atoms with Gasteiger partial charge >= 0.3 is 0 Å². The number of aliphatic hydroxyl groups excluding tert-OH is 1. The summed E-state index contributed by atoms with van der Waals surface area (Å²) in [6.45, 7) is 0.475. The van der Waals surface area contributed by atoms with Gasteiger partial charge in [0.2, 0.25) is 11.8 Å². The van der Waals surface area contributed by atoms with Crippen molar-refractivity contribution in [2.24, 2.45) is 0 Å². The molecule has 0 bridgehead atoms. The summed E-state index contributed by atoms with van der Waals surface area (Å²) in [5, 5.41) is 17.5. The van der Waals surface area contributed by atoms with Crippen LogP contribution >= 0.6 is 0 Å². The number of pyridine rings is 1. The van der Waals surface area contributed by atoms with Crippen molar-refractivity contribution in [3.05, 3.63) is 36.8 Å². The Morgan fingerprint density at radius 3 is 2.90 bits per heavy atom. The van der Waals surface area contributed by atoms with E-state index >= 15 is 0 Å². The number of aromatic amines is 1. The highest BCUT2D eigenvalue weighted by Gasteiger charge is 2.23. The van der Waals surface area contributed by atoms with Crippen LogP contribution in [0.3, 0.4) is 0 Å². The molecule has 3 N–H and O–H groups in total. The highest BCUT2D eigenvalue weighted by molar-refractivity contribution is 5.98. The Kier molecular flexibility index (Phi) is 5.44. The summed E-state index contributed by atoms with van der Waals surface area (Å²) in [7, 11) is 1.63. The summed E-state index contributed by atoms with van der Waals surface area (Å²) in [6.07, 6.45) is 9.75. The van der Waals surface area contributed by atoms with E-state index in [2.05, 4.69) is 26.4 Å². The van der Waals surface area contributed by atoms with Gasteiger partial charge in [-0.25, -0.2) is 4.52 Å². The van der Waals surface area contributed by atoms with E-state index in [1.54, 1.807) is 13.3 Å². The van der Waals surface area contributed by atoms with Gasteiger partial charge in [0.1, 0.15) is 5.65 Å². The smallest absolute Gasteiger partial charge is 0.228 e. The second kappa shape index (κ2) is 8.52. The van der Waals surface area contributed by atoms with Crippen molar-refractivity contribution < 1.29 is 14.6 Å². The fraction of sp³-hybridized carbons (Fsp3) is 0.409. The summed E-state index contributed by atoms with van der Waals surface area (Å²) in [5.41, 5.74) is 3.79. The third kappa shape index (κ3) is 3.94. The Morgan fingerprint density at radius 2 is 2.10 bits per heavy atom. The van der Waals surface area contributed by atoms with Crippen LogP contribution in [0.4, 0.5) is 5.95 Å². The molecule has 0 atom stereocenters. The number of aromatic nitrogens is 5. The molecule has 9 heteroatoms. The predicted molar refractivity (Wildman–Crippen MR) is 117 cm³/mol. The van der Waals surface area contributed by atoms with Crippen LogP contribution in [-0.4, -0.2) is 62.1 Å². The number of nitrogens with one attached hydrogen (secondary N) is 2. The molecule has 162 valence electrons. The molecule has 1 fully saturated rings. The third-order valence-electron chi connectivity index (χ3n) is 5.85. The van der Waals surface area contributed by atoms with Gasteiger partial charge in [0.15, 0.2) is 0 Å². The van der Waals surface area contributed by atoms with Gasteiger partial charge in [-0.2, -0.15) is 15.1 Å². The maximum atomic E-state index is 8.92. The van der Waals surface area contributed by atoms with Crippen molar-refractivity contribution in [2.45, 2.75) is 37.8 Å². The topological polar surface area (TPSA) is 110 Å². The number of H-pyrrole nitrogens is 1. The fourth-order valence-electron chi connectivity index (χ4n) is 4.31. The Bertz CT molecular complexity index is 1180. The molecule has 0 saturated heterocycles.